The van der Waals surface area contributed by atoms with Crippen LogP contribution in [0.4, 0.5) is 4.39 Å². The summed E-state index contributed by atoms with van der Waals surface area (Å²) in [5, 5.41) is 23.8. The molecule has 1 aromatic heterocycles. The van der Waals surface area contributed by atoms with E-state index in [9.17, 15) is 14.3 Å². The van der Waals surface area contributed by atoms with Gasteiger partial charge in [-0.2, -0.15) is 4.68 Å². The Hall–Kier alpha value is -3.13. The van der Waals surface area contributed by atoms with Gasteiger partial charge in [-0.15, -0.1) is 5.10 Å². The maximum absolute atomic E-state index is 14.6. The summed E-state index contributed by atoms with van der Waals surface area (Å²) in [7, 11) is 0. The van der Waals surface area contributed by atoms with Crippen LogP contribution in [0.1, 0.15) is 48.4 Å². The molecule has 3 aromatic rings. The first-order valence-electron chi connectivity index (χ1n) is 9.42. The zero-order valence-corrected chi connectivity index (χ0v) is 16.8. The van der Waals surface area contributed by atoms with Crippen molar-refractivity contribution < 1.29 is 14.3 Å². The van der Waals surface area contributed by atoms with Crippen molar-refractivity contribution in [1.82, 2.24) is 25.5 Å². The minimum absolute atomic E-state index is 0.0523. The van der Waals surface area contributed by atoms with Crippen molar-refractivity contribution in [1.29, 1.82) is 0 Å². The lowest BCUT2D eigenvalue weighted by Crippen LogP contribution is -2.35. The number of aliphatic hydroxyl groups excluding tert-OH is 1. The number of nitrogens with zero attached hydrogens (tertiary/aromatic N) is 4. The highest BCUT2D eigenvalue weighted by Gasteiger charge is 2.18. The maximum Gasteiger partial charge on any atom is 0.251 e. The Morgan fingerprint density at radius 3 is 2.62 bits per heavy atom. The number of hydrogen-bond donors (Lipinski definition) is 2. The fourth-order valence-corrected chi connectivity index (χ4v) is 2.97. The molecule has 1 atom stereocenters. The summed E-state index contributed by atoms with van der Waals surface area (Å²) >= 11 is 0. The number of aromatic nitrogens is 4. The van der Waals surface area contributed by atoms with E-state index in [0.29, 0.717) is 28.2 Å². The summed E-state index contributed by atoms with van der Waals surface area (Å²) in [5.74, 6) is -0.0718. The molecule has 2 aromatic carbocycles. The van der Waals surface area contributed by atoms with Crippen molar-refractivity contribution in [2.24, 2.45) is 0 Å². The van der Waals surface area contributed by atoms with Crippen LogP contribution in [0.5, 0.6) is 0 Å². The van der Waals surface area contributed by atoms with Crippen LogP contribution in [-0.2, 0) is 0 Å². The fourth-order valence-electron chi connectivity index (χ4n) is 2.97. The molecule has 8 heteroatoms. The molecule has 0 saturated carbocycles. The van der Waals surface area contributed by atoms with Crippen molar-refractivity contribution in [3.05, 3.63) is 59.2 Å². The van der Waals surface area contributed by atoms with Gasteiger partial charge in [-0.1, -0.05) is 26.0 Å². The first kappa shape index (κ1) is 20.6. The Bertz CT molecular complexity index is 1030. The number of tetrazole rings is 1. The maximum atomic E-state index is 14.6. The number of aliphatic hydroxyl groups is 1. The number of aryl methyl sites for hydroxylation is 1. The Labute approximate surface area is 168 Å². The number of hydrogen-bond acceptors (Lipinski definition) is 5. The van der Waals surface area contributed by atoms with E-state index in [-0.39, 0.29) is 24.2 Å². The van der Waals surface area contributed by atoms with Crippen LogP contribution in [0.2, 0.25) is 0 Å². The van der Waals surface area contributed by atoms with E-state index in [1.54, 1.807) is 35.9 Å². The molecule has 0 radical (unpaired) electrons. The average molecular weight is 397 g/mol. The lowest BCUT2D eigenvalue weighted by molar-refractivity contribution is 0.0922. The molecule has 0 aliphatic rings. The van der Waals surface area contributed by atoms with Gasteiger partial charge in [0.1, 0.15) is 5.82 Å². The van der Waals surface area contributed by atoms with Crippen LogP contribution in [0.15, 0.2) is 36.4 Å². The third-order valence-electron chi connectivity index (χ3n) is 4.52. The lowest BCUT2D eigenvalue weighted by Gasteiger charge is -2.15. The molecule has 1 heterocycles. The van der Waals surface area contributed by atoms with E-state index in [2.05, 4.69) is 20.8 Å². The van der Waals surface area contributed by atoms with E-state index in [0.717, 1.165) is 5.56 Å². The van der Waals surface area contributed by atoms with Gasteiger partial charge in [-0.05, 0) is 59.7 Å². The number of rotatable bonds is 6. The molecule has 1 unspecified atom stereocenters. The highest BCUT2D eigenvalue weighted by Crippen LogP contribution is 2.28. The smallest absolute Gasteiger partial charge is 0.251 e. The van der Waals surface area contributed by atoms with Crippen molar-refractivity contribution >= 4 is 5.91 Å². The summed E-state index contributed by atoms with van der Waals surface area (Å²) in [6.45, 7) is 7.24. The molecular formula is C21H24FN5O2. The second-order valence-electron chi connectivity index (χ2n) is 7.41. The molecule has 7 nitrogen and oxygen atoms in total. The lowest BCUT2D eigenvalue weighted by atomic mass is 9.99. The van der Waals surface area contributed by atoms with Crippen LogP contribution in [0.25, 0.3) is 16.8 Å². The van der Waals surface area contributed by atoms with Gasteiger partial charge in [-0.3, -0.25) is 4.79 Å². The topological polar surface area (TPSA) is 92.9 Å². The van der Waals surface area contributed by atoms with Gasteiger partial charge in [0.05, 0.1) is 12.3 Å². The predicted molar refractivity (Wildman–Crippen MR) is 107 cm³/mol. The van der Waals surface area contributed by atoms with E-state index in [1.807, 2.05) is 26.8 Å². The van der Waals surface area contributed by atoms with Crippen LogP contribution < -0.4 is 5.32 Å². The average Bonchev–Trinajstić information content (AvgIpc) is 3.17. The Kier molecular flexibility index (Phi) is 6.03. The van der Waals surface area contributed by atoms with Gasteiger partial charge in [0, 0.05) is 23.1 Å². The second-order valence-corrected chi connectivity index (χ2v) is 7.41. The van der Waals surface area contributed by atoms with Crippen molar-refractivity contribution in [2.75, 3.05) is 6.61 Å². The quantitative estimate of drug-likeness (QED) is 0.667. The van der Waals surface area contributed by atoms with Crippen LogP contribution in [-0.4, -0.2) is 43.9 Å². The SMILES string of the molecule is Cc1ccc(-c2cc(C(=O)NC(C)CO)cc(-n3nnnc3C(C)C)c2)c(F)c1. The van der Waals surface area contributed by atoms with Crippen molar-refractivity contribution in [2.45, 2.75) is 39.7 Å². The first-order chi connectivity index (χ1) is 13.8. The Morgan fingerprint density at radius 2 is 1.97 bits per heavy atom. The Morgan fingerprint density at radius 1 is 1.21 bits per heavy atom. The zero-order valence-electron chi connectivity index (χ0n) is 16.8. The molecule has 0 saturated heterocycles. The van der Waals surface area contributed by atoms with Gasteiger partial charge in [0.2, 0.25) is 0 Å². The standard InChI is InChI=1S/C21H24FN5O2/c1-12(2)20-24-25-26-27(20)17-9-15(18-6-5-13(3)7-19(18)22)8-16(10-17)21(29)23-14(4)11-28/h5-10,12,14,28H,11H2,1-4H3,(H,23,29). The summed E-state index contributed by atoms with van der Waals surface area (Å²) < 4.78 is 16.2. The Balaban J connectivity index is 2.16. The van der Waals surface area contributed by atoms with Crippen LogP contribution in [0, 0.1) is 12.7 Å². The van der Waals surface area contributed by atoms with E-state index < -0.39 is 6.04 Å². The molecule has 2 N–H and O–H groups in total. The van der Waals surface area contributed by atoms with E-state index >= 15 is 0 Å². The van der Waals surface area contributed by atoms with Crippen molar-refractivity contribution in [3.8, 4) is 16.8 Å². The highest BCUT2D eigenvalue weighted by atomic mass is 19.1. The zero-order chi connectivity index (χ0) is 21.1. The molecule has 0 bridgehead atoms. The molecule has 152 valence electrons. The largest absolute Gasteiger partial charge is 0.394 e. The molecular weight excluding hydrogens is 373 g/mol. The molecule has 0 fully saturated rings. The molecule has 29 heavy (non-hydrogen) atoms. The van der Waals surface area contributed by atoms with Gasteiger partial charge in [-0.25, -0.2) is 4.39 Å². The number of carbonyl (C=O) groups is 1. The minimum atomic E-state index is -0.412. The number of halogens is 1. The second kappa shape index (κ2) is 8.48. The third-order valence-corrected chi connectivity index (χ3v) is 4.52. The molecule has 0 spiro atoms. The van der Waals surface area contributed by atoms with Gasteiger partial charge < -0.3 is 10.4 Å². The number of carbonyl (C=O) groups excluding carboxylic acids is 1. The third kappa shape index (κ3) is 4.48. The van der Waals surface area contributed by atoms with Gasteiger partial charge >= 0.3 is 0 Å². The van der Waals surface area contributed by atoms with Gasteiger partial charge in [0.15, 0.2) is 5.82 Å². The summed E-state index contributed by atoms with van der Waals surface area (Å²) in [5.41, 5.74) is 2.59. The molecule has 1 amide bonds. The summed E-state index contributed by atoms with van der Waals surface area (Å²) in [6.07, 6.45) is 0. The van der Waals surface area contributed by atoms with Crippen LogP contribution in [0.3, 0.4) is 0 Å². The number of benzene rings is 2. The normalized spacial score (nSPS) is 12.2. The van der Waals surface area contributed by atoms with Crippen molar-refractivity contribution in [3.63, 3.8) is 0 Å². The molecule has 0 aliphatic carbocycles. The molecule has 0 aliphatic heterocycles. The van der Waals surface area contributed by atoms with E-state index in [1.165, 1.54) is 6.07 Å². The summed E-state index contributed by atoms with van der Waals surface area (Å²) in [4.78, 5) is 12.7. The highest BCUT2D eigenvalue weighted by molar-refractivity contribution is 5.96. The minimum Gasteiger partial charge on any atom is -0.394 e. The van der Waals surface area contributed by atoms with Crippen LogP contribution >= 0.6 is 0 Å². The monoisotopic (exact) mass is 397 g/mol. The first-order valence-corrected chi connectivity index (χ1v) is 9.42. The van der Waals surface area contributed by atoms with E-state index in [4.69, 9.17) is 0 Å². The number of nitrogens with one attached hydrogen (secondary N) is 1. The molecule has 3 rings (SSSR count). The predicted octanol–water partition coefficient (Wildman–Crippen LogP) is 3.01. The summed E-state index contributed by atoms with van der Waals surface area (Å²) in [6, 6.07) is 9.56. The fraction of sp³-hybridized carbons (Fsp3) is 0.333. The van der Waals surface area contributed by atoms with Gasteiger partial charge in [0.25, 0.3) is 5.91 Å². The number of amides is 1.